The van der Waals surface area contributed by atoms with Crippen molar-refractivity contribution in [1.82, 2.24) is 19.4 Å². The second-order valence-electron chi connectivity index (χ2n) is 8.39. The number of hydrogen-bond acceptors (Lipinski definition) is 4. The van der Waals surface area contributed by atoms with Gasteiger partial charge in [0.05, 0.1) is 23.2 Å². The van der Waals surface area contributed by atoms with Gasteiger partial charge in [0.15, 0.2) is 0 Å². The Kier molecular flexibility index (Phi) is 6.06. The molecule has 0 radical (unpaired) electrons. The first kappa shape index (κ1) is 20.2. The number of fused-ring (bicyclic) bond motifs is 1. The predicted molar refractivity (Wildman–Crippen MR) is 113 cm³/mol. The van der Waals surface area contributed by atoms with Crippen LogP contribution in [0.3, 0.4) is 0 Å². The molecule has 2 saturated heterocycles. The number of nitrogens with zero attached hydrogens (tertiary/aromatic N) is 3. The van der Waals surface area contributed by atoms with Gasteiger partial charge in [0.2, 0.25) is 5.91 Å². The molecular formula is C22H32N4O3. The van der Waals surface area contributed by atoms with Crippen molar-refractivity contribution >= 4 is 16.9 Å². The molecule has 2 aliphatic rings. The maximum Gasteiger partial charge on any atom is 0.329 e. The van der Waals surface area contributed by atoms with Gasteiger partial charge in [0, 0.05) is 33.7 Å². The Balaban J connectivity index is 1.51. The van der Waals surface area contributed by atoms with E-state index >= 15 is 0 Å². The third-order valence-corrected chi connectivity index (χ3v) is 6.38. The van der Waals surface area contributed by atoms with E-state index in [2.05, 4.69) is 11.4 Å². The number of piperidine rings is 2. The van der Waals surface area contributed by atoms with Crippen molar-refractivity contribution in [2.24, 2.45) is 7.05 Å². The van der Waals surface area contributed by atoms with Gasteiger partial charge >= 0.3 is 5.69 Å². The molecule has 7 nitrogen and oxygen atoms in total. The summed E-state index contributed by atoms with van der Waals surface area (Å²) in [5.41, 5.74) is 3.18. The minimum Gasteiger partial charge on any atom is -0.378 e. The summed E-state index contributed by atoms with van der Waals surface area (Å²) >= 11 is 0. The van der Waals surface area contributed by atoms with Crippen LogP contribution in [0.25, 0.3) is 11.0 Å². The number of likely N-dealkylation sites (N-methyl/N-ethyl adjacent to an activating group) is 1. The minimum atomic E-state index is 0.00570. The van der Waals surface area contributed by atoms with Gasteiger partial charge in [-0.3, -0.25) is 13.9 Å². The Hall–Kier alpha value is -2.12. The topological polar surface area (TPSA) is 68.5 Å². The molecule has 2 aromatic rings. The number of amides is 1. The highest BCUT2D eigenvalue weighted by Crippen LogP contribution is 2.26. The van der Waals surface area contributed by atoms with Crippen molar-refractivity contribution in [2.45, 2.75) is 50.7 Å². The summed E-state index contributed by atoms with van der Waals surface area (Å²) in [4.78, 5) is 26.7. The average molecular weight is 401 g/mol. The molecule has 1 aromatic heterocycles. The third-order valence-electron chi connectivity index (χ3n) is 6.38. The zero-order chi connectivity index (χ0) is 20.4. The van der Waals surface area contributed by atoms with Crippen molar-refractivity contribution in [3.63, 3.8) is 0 Å². The largest absolute Gasteiger partial charge is 0.378 e. The first-order chi connectivity index (χ1) is 14.1. The lowest BCUT2D eigenvalue weighted by molar-refractivity contribution is -0.132. The molecule has 0 aliphatic carbocycles. The number of benzene rings is 1. The van der Waals surface area contributed by atoms with E-state index in [4.69, 9.17) is 4.74 Å². The van der Waals surface area contributed by atoms with Crippen molar-refractivity contribution in [3.05, 3.63) is 34.2 Å². The van der Waals surface area contributed by atoms with Crippen LogP contribution in [0.2, 0.25) is 0 Å². The summed E-state index contributed by atoms with van der Waals surface area (Å²) in [6, 6.07) is 6.22. The molecule has 1 N–H and O–H groups in total. The van der Waals surface area contributed by atoms with Crippen LogP contribution in [-0.2, 0) is 23.0 Å². The van der Waals surface area contributed by atoms with Crippen molar-refractivity contribution < 1.29 is 9.53 Å². The molecule has 1 atom stereocenters. The third kappa shape index (κ3) is 4.12. The number of imidazole rings is 1. The van der Waals surface area contributed by atoms with Crippen molar-refractivity contribution in [1.29, 1.82) is 0 Å². The molecule has 7 heteroatoms. The predicted octanol–water partition coefficient (Wildman–Crippen LogP) is 1.83. The number of rotatable bonds is 6. The maximum absolute atomic E-state index is 13.1. The summed E-state index contributed by atoms with van der Waals surface area (Å²) in [7, 11) is 3.67. The zero-order valence-corrected chi connectivity index (χ0v) is 17.5. The lowest BCUT2D eigenvalue weighted by Crippen LogP contribution is -2.40. The van der Waals surface area contributed by atoms with Crippen LogP contribution in [0.15, 0.2) is 23.0 Å². The summed E-state index contributed by atoms with van der Waals surface area (Å²) in [5.74, 6) is 0.156. The summed E-state index contributed by atoms with van der Waals surface area (Å²) < 4.78 is 9.71. The molecule has 0 bridgehead atoms. The molecule has 29 heavy (non-hydrogen) atoms. The monoisotopic (exact) mass is 400 g/mol. The van der Waals surface area contributed by atoms with E-state index in [1.165, 1.54) is 5.56 Å². The second-order valence-corrected chi connectivity index (χ2v) is 8.39. The highest BCUT2D eigenvalue weighted by atomic mass is 16.5. The minimum absolute atomic E-state index is 0.00570. The highest BCUT2D eigenvalue weighted by Gasteiger charge is 2.27. The van der Waals surface area contributed by atoms with Crippen LogP contribution in [0.4, 0.5) is 0 Å². The molecule has 2 fully saturated rings. The van der Waals surface area contributed by atoms with Crippen LogP contribution in [0.5, 0.6) is 0 Å². The molecule has 0 saturated carbocycles. The Morgan fingerprint density at radius 2 is 1.93 bits per heavy atom. The van der Waals surface area contributed by atoms with Gasteiger partial charge in [-0.15, -0.1) is 0 Å². The average Bonchev–Trinajstić information content (AvgIpc) is 2.99. The number of ether oxygens (including phenoxy) is 1. The lowest BCUT2D eigenvalue weighted by Gasteiger charge is -2.30. The fraction of sp³-hybridized carbons (Fsp3) is 0.636. The molecule has 2 aliphatic heterocycles. The first-order valence-corrected chi connectivity index (χ1v) is 10.8. The van der Waals surface area contributed by atoms with Crippen molar-refractivity contribution in [3.8, 4) is 0 Å². The molecule has 1 unspecified atom stereocenters. The molecule has 1 amide bonds. The number of carbonyl (C=O) groups excluding carboxylic acids is 1. The quantitative estimate of drug-likeness (QED) is 0.752. The van der Waals surface area contributed by atoms with Gasteiger partial charge in [0.25, 0.3) is 0 Å². The fourth-order valence-corrected chi connectivity index (χ4v) is 4.75. The Bertz CT molecular complexity index is 926. The standard InChI is InChI=1S/C22H32N4O3/c1-24-15-17(8-9-20(24)27)26-19-7-3-5-16(21(19)25(2)22(26)28)6-4-14-29-18-10-12-23-13-11-18/h3,5,7,17-18,23H,4,6,8-15H2,1-2H3. The maximum atomic E-state index is 13.1. The summed E-state index contributed by atoms with van der Waals surface area (Å²) in [6.07, 6.45) is 5.61. The smallest absolute Gasteiger partial charge is 0.329 e. The van der Waals surface area contributed by atoms with E-state index in [1.54, 1.807) is 9.47 Å². The molecule has 1 aromatic carbocycles. The molecule has 4 rings (SSSR count). The van der Waals surface area contributed by atoms with Gasteiger partial charge in [-0.05, 0) is 56.8 Å². The SMILES string of the molecule is CN1CC(n2c(=O)n(C)c3c(CCCOC4CCNCC4)cccc32)CCC1=O. The number of aromatic nitrogens is 2. The van der Waals surface area contributed by atoms with E-state index in [0.717, 1.165) is 62.8 Å². The van der Waals surface area contributed by atoms with Crippen LogP contribution in [0, 0.1) is 0 Å². The van der Waals surface area contributed by atoms with Gasteiger partial charge in [-0.25, -0.2) is 4.79 Å². The Labute approximate surface area is 171 Å². The van der Waals surface area contributed by atoms with Gasteiger partial charge in [0.1, 0.15) is 0 Å². The highest BCUT2D eigenvalue weighted by molar-refractivity contribution is 5.80. The van der Waals surface area contributed by atoms with E-state index < -0.39 is 0 Å². The number of carbonyl (C=O) groups is 1. The number of para-hydroxylation sites is 1. The number of hydrogen-bond donors (Lipinski definition) is 1. The zero-order valence-electron chi connectivity index (χ0n) is 17.5. The fourth-order valence-electron chi connectivity index (χ4n) is 4.75. The van der Waals surface area contributed by atoms with E-state index in [-0.39, 0.29) is 17.6 Å². The lowest BCUT2D eigenvalue weighted by atomic mass is 10.0. The van der Waals surface area contributed by atoms with E-state index in [9.17, 15) is 9.59 Å². The molecular weight excluding hydrogens is 368 g/mol. The van der Waals surface area contributed by atoms with Crippen molar-refractivity contribution in [2.75, 3.05) is 33.3 Å². The number of likely N-dealkylation sites (tertiary alicyclic amines) is 1. The van der Waals surface area contributed by atoms with E-state index in [1.807, 2.05) is 30.8 Å². The number of aryl methyl sites for hydroxylation is 2. The molecule has 0 spiro atoms. The Morgan fingerprint density at radius 3 is 2.69 bits per heavy atom. The Morgan fingerprint density at radius 1 is 1.14 bits per heavy atom. The molecule has 158 valence electrons. The summed E-state index contributed by atoms with van der Waals surface area (Å²) in [5, 5.41) is 3.36. The van der Waals surface area contributed by atoms with Crippen LogP contribution in [0.1, 0.15) is 43.7 Å². The molecule has 3 heterocycles. The second kappa shape index (κ2) is 8.71. The van der Waals surface area contributed by atoms with Crippen LogP contribution >= 0.6 is 0 Å². The van der Waals surface area contributed by atoms with E-state index in [0.29, 0.717) is 19.1 Å². The number of nitrogens with one attached hydrogen (secondary N) is 1. The van der Waals surface area contributed by atoms with Gasteiger partial charge in [-0.2, -0.15) is 0 Å². The normalized spacial score (nSPS) is 21.2. The first-order valence-electron chi connectivity index (χ1n) is 10.8. The van der Waals surface area contributed by atoms with Gasteiger partial charge in [-0.1, -0.05) is 12.1 Å². The van der Waals surface area contributed by atoms with Gasteiger partial charge < -0.3 is 15.0 Å². The van der Waals surface area contributed by atoms with Crippen LogP contribution < -0.4 is 11.0 Å². The van der Waals surface area contributed by atoms with Crippen LogP contribution in [-0.4, -0.2) is 59.3 Å². The summed E-state index contributed by atoms with van der Waals surface area (Å²) in [6.45, 7) is 3.43.